The summed E-state index contributed by atoms with van der Waals surface area (Å²) in [6, 6.07) is 0. The summed E-state index contributed by atoms with van der Waals surface area (Å²) in [5.74, 6) is 0. The molecule has 0 unspecified atom stereocenters. The Morgan fingerprint density at radius 3 is 2.44 bits per heavy atom. The summed E-state index contributed by atoms with van der Waals surface area (Å²) in [5.41, 5.74) is 10.4. The summed E-state index contributed by atoms with van der Waals surface area (Å²) in [7, 11) is 0. The molecule has 0 fully saturated rings. The van der Waals surface area contributed by atoms with Gasteiger partial charge in [0.1, 0.15) is 0 Å². The number of aromatic nitrogens is 1. The molecule has 3 nitrogen and oxygen atoms in total. The van der Waals surface area contributed by atoms with Gasteiger partial charge in [0.2, 0.25) is 0 Å². The number of anilines is 1. The maximum absolute atomic E-state index is 12.5. The van der Waals surface area contributed by atoms with Crippen LogP contribution in [0.15, 0.2) is 12.3 Å². The summed E-state index contributed by atoms with van der Waals surface area (Å²) in [6.45, 7) is 3.18. The Hall–Kier alpha value is -1.72. The molecule has 1 rings (SSSR count). The van der Waals surface area contributed by atoms with Gasteiger partial charge in [-0.05, 0) is 13.8 Å². The van der Waals surface area contributed by atoms with Crippen molar-refractivity contribution in [2.24, 2.45) is 5.73 Å². The molecule has 0 aromatic carbocycles. The van der Waals surface area contributed by atoms with Crippen molar-refractivity contribution in [2.75, 3.05) is 5.73 Å². The Morgan fingerprint density at radius 2 is 2.00 bits per heavy atom. The fraction of sp³-hybridized carbons (Fsp3) is 0.300. The number of aryl methyl sites for hydroxylation is 1. The molecule has 0 aliphatic rings. The fourth-order valence-electron chi connectivity index (χ4n) is 1.36. The monoisotopic (exact) mass is 231 g/mol. The highest BCUT2D eigenvalue weighted by Gasteiger charge is 2.34. The molecule has 0 saturated heterocycles. The third-order valence-corrected chi connectivity index (χ3v) is 2.21. The van der Waals surface area contributed by atoms with Crippen molar-refractivity contribution in [1.29, 1.82) is 0 Å². The molecule has 1 aromatic rings. The Balaban J connectivity index is 3.51. The minimum absolute atomic E-state index is 0.150. The van der Waals surface area contributed by atoms with Crippen LogP contribution in [0.4, 0.5) is 18.9 Å². The summed E-state index contributed by atoms with van der Waals surface area (Å²) in [5, 5.41) is 0. The number of alkyl halides is 3. The van der Waals surface area contributed by atoms with Crippen LogP contribution in [0.1, 0.15) is 23.7 Å². The van der Waals surface area contributed by atoms with Gasteiger partial charge in [0.25, 0.3) is 0 Å². The van der Waals surface area contributed by atoms with Gasteiger partial charge in [-0.3, -0.25) is 4.98 Å². The zero-order chi connectivity index (χ0) is 12.5. The van der Waals surface area contributed by atoms with Crippen molar-refractivity contribution < 1.29 is 13.2 Å². The van der Waals surface area contributed by atoms with E-state index in [0.29, 0.717) is 5.69 Å². The highest BCUT2D eigenvalue weighted by Crippen LogP contribution is 2.36. The quantitative estimate of drug-likeness (QED) is 0.779. The van der Waals surface area contributed by atoms with Gasteiger partial charge >= 0.3 is 6.18 Å². The van der Waals surface area contributed by atoms with E-state index in [1.54, 1.807) is 13.8 Å². The van der Waals surface area contributed by atoms with Crippen molar-refractivity contribution in [3.8, 4) is 0 Å². The van der Waals surface area contributed by atoms with Crippen LogP contribution in [0, 0.1) is 6.92 Å². The van der Waals surface area contributed by atoms with Gasteiger partial charge in [0, 0.05) is 23.2 Å². The van der Waals surface area contributed by atoms with Gasteiger partial charge in [-0.15, -0.1) is 0 Å². The topological polar surface area (TPSA) is 64.9 Å². The first-order chi connectivity index (χ1) is 7.29. The Labute approximate surface area is 91.0 Å². The molecule has 0 aliphatic carbocycles. The van der Waals surface area contributed by atoms with Crippen molar-refractivity contribution in [3.63, 3.8) is 0 Å². The van der Waals surface area contributed by atoms with E-state index in [2.05, 4.69) is 4.98 Å². The van der Waals surface area contributed by atoms with E-state index in [1.807, 2.05) is 0 Å². The number of nitrogens with two attached hydrogens (primary N) is 2. The first-order valence-electron chi connectivity index (χ1n) is 4.53. The lowest BCUT2D eigenvalue weighted by Gasteiger charge is -2.15. The van der Waals surface area contributed by atoms with Crippen LogP contribution in [0.25, 0.3) is 5.70 Å². The van der Waals surface area contributed by atoms with Crippen LogP contribution in [0.5, 0.6) is 0 Å². The van der Waals surface area contributed by atoms with Crippen LogP contribution >= 0.6 is 0 Å². The zero-order valence-corrected chi connectivity index (χ0v) is 8.89. The van der Waals surface area contributed by atoms with E-state index in [0.717, 1.165) is 6.20 Å². The van der Waals surface area contributed by atoms with Crippen molar-refractivity contribution in [1.82, 2.24) is 4.98 Å². The largest absolute Gasteiger partial charge is 0.419 e. The number of hydrogen-bond donors (Lipinski definition) is 2. The molecular weight excluding hydrogens is 219 g/mol. The van der Waals surface area contributed by atoms with Crippen LogP contribution in [-0.2, 0) is 6.18 Å². The number of hydrogen-bond acceptors (Lipinski definition) is 3. The molecule has 4 N–H and O–H groups in total. The molecule has 1 aromatic heterocycles. The second kappa shape index (κ2) is 4.03. The molecule has 0 atom stereocenters. The molecule has 0 radical (unpaired) electrons. The van der Waals surface area contributed by atoms with Gasteiger partial charge in [-0.1, -0.05) is 6.08 Å². The summed E-state index contributed by atoms with van der Waals surface area (Å²) in [4.78, 5) is 3.65. The van der Waals surface area contributed by atoms with E-state index in [1.165, 1.54) is 6.08 Å². The molecule has 0 saturated carbocycles. The smallest absolute Gasteiger partial charge is 0.398 e. The lowest BCUT2D eigenvalue weighted by Crippen LogP contribution is -2.14. The van der Waals surface area contributed by atoms with Gasteiger partial charge in [-0.2, -0.15) is 13.2 Å². The number of rotatable bonds is 1. The van der Waals surface area contributed by atoms with Crippen LogP contribution in [0.2, 0.25) is 0 Å². The molecule has 88 valence electrons. The van der Waals surface area contributed by atoms with E-state index in [4.69, 9.17) is 11.5 Å². The molecule has 16 heavy (non-hydrogen) atoms. The molecule has 6 heteroatoms. The van der Waals surface area contributed by atoms with E-state index < -0.39 is 11.7 Å². The van der Waals surface area contributed by atoms with Crippen molar-refractivity contribution in [3.05, 3.63) is 29.1 Å². The Kier molecular flexibility index (Phi) is 3.11. The van der Waals surface area contributed by atoms with Gasteiger partial charge < -0.3 is 11.5 Å². The van der Waals surface area contributed by atoms with Gasteiger partial charge in [-0.25, -0.2) is 0 Å². The standard InChI is InChI=1S/C10H12F3N3/c1-3-7(14)8-5(2)16-4-6(9(8)15)10(11,12)13/h3-4H,14H2,1-2H3,(H2,15,16)/b7-3+. The SMILES string of the molecule is C/C=C(/N)c1c(C)ncc(C(F)(F)F)c1N. The van der Waals surface area contributed by atoms with E-state index >= 15 is 0 Å². The summed E-state index contributed by atoms with van der Waals surface area (Å²) >= 11 is 0. The molecule has 0 aliphatic heterocycles. The number of allylic oxidation sites excluding steroid dienone is 1. The average molecular weight is 231 g/mol. The third kappa shape index (κ3) is 2.10. The highest BCUT2D eigenvalue weighted by molar-refractivity contribution is 5.76. The van der Waals surface area contributed by atoms with Crippen molar-refractivity contribution >= 4 is 11.4 Å². The number of nitrogens with zero attached hydrogens (tertiary/aromatic N) is 1. The normalized spacial score (nSPS) is 12.9. The lowest BCUT2D eigenvalue weighted by molar-refractivity contribution is -0.137. The molecule has 1 heterocycles. The van der Waals surface area contributed by atoms with Gasteiger partial charge in [0.05, 0.1) is 11.3 Å². The zero-order valence-electron chi connectivity index (χ0n) is 8.89. The van der Waals surface area contributed by atoms with Crippen LogP contribution in [-0.4, -0.2) is 4.98 Å². The predicted octanol–water partition coefficient (Wildman–Crippen LogP) is 2.31. The molecule has 0 bridgehead atoms. The number of halogens is 3. The predicted molar refractivity (Wildman–Crippen MR) is 56.2 cm³/mol. The molecule has 0 amide bonds. The van der Waals surface area contributed by atoms with Crippen molar-refractivity contribution in [2.45, 2.75) is 20.0 Å². The first-order valence-corrected chi connectivity index (χ1v) is 4.53. The third-order valence-electron chi connectivity index (χ3n) is 2.21. The van der Waals surface area contributed by atoms with E-state index in [-0.39, 0.29) is 16.9 Å². The second-order valence-corrected chi connectivity index (χ2v) is 3.29. The van der Waals surface area contributed by atoms with Crippen LogP contribution < -0.4 is 11.5 Å². The van der Waals surface area contributed by atoms with E-state index in [9.17, 15) is 13.2 Å². The average Bonchev–Trinajstić information content (AvgIpc) is 2.15. The minimum atomic E-state index is -4.52. The Bertz CT molecular complexity index is 436. The van der Waals surface area contributed by atoms with Gasteiger partial charge in [0.15, 0.2) is 0 Å². The first kappa shape index (κ1) is 12.4. The summed E-state index contributed by atoms with van der Waals surface area (Å²) in [6.07, 6.45) is -2.31. The number of nitrogen functional groups attached to an aromatic ring is 1. The molecule has 0 spiro atoms. The number of pyridine rings is 1. The maximum atomic E-state index is 12.5. The Morgan fingerprint density at radius 1 is 1.44 bits per heavy atom. The minimum Gasteiger partial charge on any atom is -0.398 e. The maximum Gasteiger partial charge on any atom is 0.419 e. The summed E-state index contributed by atoms with van der Waals surface area (Å²) < 4.78 is 37.6. The lowest BCUT2D eigenvalue weighted by atomic mass is 10.0. The molecular formula is C10H12F3N3. The second-order valence-electron chi connectivity index (χ2n) is 3.29. The fourth-order valence-corrected chi connectivity index (χ4v) is 1.36. The highest BCUT2D eigenvalue weighted by atomic mass is 19.4. The van der Waals surface area contributed by atoms with Crippen LogP contribution in [0.3, 0.4) is 0 Å².